The highest BCUT2D eigenvalue weighted by Gasteiger charge is 2.21. The Balaban J connectivity index is 1.14. The average molecular weight is 536 g/mol. The molecule has 3 aromatic rings. The van der Waals surface area contributed by atoms with E-state index >= 15 is 0 Å². The normalized spacial score (nSPS) is 14.2. The topological polar surface area (TPSA) is 99.5 Å². The van der Waals surface area contributed by atoms with Crippen LogP contribution >= 0.6 is 0 Å². The van der Waals surface area contributed by atoms with Gasteiger partial charge in [-0.25, -0.2) is 4.68 Å². The maximum Gasteiger partial charge on any atom is 0.120 e. The molecule has 39 heavy (non-hydrogen) atoms. The molecule has 2 N–H and O–H groups in total. The fourth-order valence-corrected chi connectivity index (χ4v) is 4.41. The highest BCUT2D eigenvalue weighted by Crippen LogP contribution is 2.23. The van der Waals surface area contributed by atoms with Crippen molar-refractivity contribution in [3.8, 4) is 11.4 Å². The van der Waals surface area contributed by atoms with Gasteiger partial charge in [-0.2, -0.15) is 5.10 Å². The summed E-state index contributed by atoms with van der Waals surface area (Å²) in [7, 11) is 1.70. The minimum absolute atomic E-state index is 0.271. The van der Waals surface area contributed by atoms with Crippen LogP contribution in [0.4, 0.5) is 0 Å². The molecule has 0 bridgehead atoms. The Morgan fingerprint density at radius 3 is 2.79 bits per heavy atom. The van der Waals surface area contributed by atoms with Crippen molar-refractivity contribution >= 4 is 6.29 Å². The lowest BCUT2D eigenvalue weighted by molar-refractivity contribution is -0.108. The van der Waals surface area contributed by atoms with Gasteiger partial charge in [0, 0.05) is 56.0 Å². The number of carbonyl (C=O) groups is 1. The zero-order chi connectivity index (χ0) is 27.3. The molecule has 0 saturated carbocycles. The molecule has 1 fully saturated rings. The van der Waals surface area contributed by atoms with Gasteiger partial charge in [-0.1, -0.05) is 6.07 Å². The van der Waals surface area contributed by atoms with E-state index < -0.39 is 0 Å². The van der Waals surface area contributed by atoms with Crippen molar-refractivity contribution in [1.82, 2.24) is 25.4 Å². The highest BCUT2D eigenvalue weighted by molar-refractivity contribution is 5.49. The van der Waals surface area contributed by atoms with E-state index in [1.165, 1.54) is 0 Å². The second kappa shape index (κ2) is 15.5. The van der Waals surface area contributed by atoms with Crippen LogP contribution in [0, 0.1) is 0 Å². The van der Waals surface area contributed by atoms with Gasteiger partial charge in [0.15, 0.2) is 0 Å². The first-order valence-electron chi connectivity index (χ1n) is 13.8. The largest absolute Gasteiger partial charge is 0.494 e. The van der Waals surface area contributed by atoms with Crippen molar-refractivity contribution < 1.29 is 19.0 Å². The van der Waals surface area contributed by atoms with Gasteiger partial charge in [0.25, 0.3) is 0 Å². The number of hydrogen-bond acceptors (Lipinski definition) is 8. The summed E-state index contributed by atoms with van der Waals surface area (Å²) in [4.78, 5) is 15.2. The Morgan fingerprint density at radius 2 is 2.05 bits per heavy atom. The van der Waals surface area contributed by atoms with Crippen molar-refractivity contribution in [1.29, 1.82) is 0 Å². The molecule has 1 aromatic carbocycles. The van der Waals surface area contributed by atoms with Crippen LogP contribution < -0.4 is 15.4 Å². The third kappa shape index (κ3) is 8.96. The smallest absolute Gasteiger partial charge is 0.120 e. The van der Waals surface area contributed by atoms with Crippen LogP contribution in [0.2, 0.25) is 0 Å². The number of rotatable bonds is 18. The lowest BCUT2D eigenvalue weighted by atomic mass is 10.0. The van der Waals surface area contributed by atoms with E-state index in [2.05, 4.69) is 51.9 Å². The number of methoxy groups -OCH3 is 1. The zero-order valence-electron chi connectivity index (χ0n) is 23.1. The Morgan fingerprint density at radius 1 is 1.15 bits per heavy atom. The second-order valence-electron chi connectivity index (χ2n) is 10.1. The van der Waals surface area contributed by atoms with E-state index in [0.717, 1.165) is 85.7 Å². The molecule has 1 saturated heterocycles. The van der Waals surface area contributed by atoms with E-state index in [4.69, 9.17) is 14.2 Å². The van der Waals surface area contributed by atoms with Crippen molar-refractivity contribution in [2.24, 2.45) is 0 Å². The molecule has 1 unspecified atom stereocenters. The minimum Gasteiger partial charge on any atom is -0.494 e. The van der Waals surface area contributed by atoms with Crippen molar-refractivity contribution in [2.45, 2.75) is 64.3 Å². The van der Waals surface area contributed by atoms with Gasteiger partial charge in [0.1, 0.15) is 12.0 Å². The summed E-state index contributed by atoms with van der Waals surface area (Å²) in [6.45, 7) is 7.26. The van der Waals surface area contributed by atoms with Gasteiger partial charge in [-0.05, 0) is 68.1 Å². The Hall–Kier alpha value is -3.11. The first-order chi connectivity index (χ1) is 19.2. The van der Waals surface area contributed by atoms with E-state index in [9.17, 15) is 4.79 Å². The molecule has 0 spiro atoms. The summed E-state index contributed by atoms with van der Waals surface area (Å²) >= 11 is 0. The number of pyridine rings is 1. The number of hydrogen-bond donors (Lipinski definition) is 2. The third-order valence-electron chi connectivity index (χ3n) is 6.91. The van der Waals surface area contributed by atoms with Crippen LogP contribution in [0.1, 0.15) is 60.9 Å². The Labute approximate surface area is 231 Å². The van der Waals surface area contributed by atoms with E-state index in [0.29, 0.717) is 32.1 Å². The molecule has 0 radical (unpaired) electrons. The summed E-state index contributed by atoms with van der Waals surface area (Å²) < 4.78 is 18.5. The van der Waals surface area contributed by atoms with E-state index in [-0.39, 0.29) is 6.04 Å². The minimum atomic E-state index is 0.271. The number of nitrogens with zero attached hydrogens (tertiary/aromatic N) is 3. The molecule has 4 rings (SSSR count). The van der Waals surface area contributed by atoms with Crippen LogP contribution in [0.15, 0.2) is 48.9 Å². The Kier molecular flexibility index (Phi) is 11.5. The molecule has 2 aromatic heterocycles. The fraction of sp³-hybridized carbons (Fsp3) is 0.500. The first kappa shape index (κ1) is 28.9. The molecule has 0 aliphatic carbocycles. The van der Waals surface area contributed by atoms with Gasteiger partial charge in [0.05, 0.1) is 44.5 Å². The number of unbranched alkanes of at least 4 members (excludes halogenated alkanes) is 1. The summed E-state index contributed by atoms with van der Waals surface area (Å²) in [5, 5.41) is 11.5. The van der Waals surface area contributed by atoms with Gasteiger partial charge < -0.3 is 29.6 Å². The summed E-state index contributed by atoms with van der Waals surface area (Å²) in [5.74, 6) is 1.30. The van der Waals surface area contributed by atoms with E-state index in [1.54, 1.807) is 7.11 Å². The third-order valence-corrected chi connectivity index (χ3v) is 6.91. The number of ether oxygens (including phenoxy) is 3. The molecule has 210 valence electrons. The molecule has 3 heterocycles. The standard InChI is InChI=1S/C30H41N5O4/c1-23(6-5-12-36)32-17-26-14-29(9-7-25(26)20-37-2)39-13-4-3-11-31-15-24-16-34-35(19-24)28-8-10-30(33-18-28)27-21-38-22-27/h7-10,12,14,16,18-19,23,27,31-32H,3-6,11,13,15,17,20-22H2,1-2H3. The monoisotopic (exact) mass is 535 g/mol. The van der Waals surface area contributed by atoms with Crippen LogP contribution in [0.5, 0.6) is 5.75 Å². The van der Waals surface area contributed by atoms with Crippen molar-refractivity contribution in [2.75, 3.05) is 33.5 Å². The lowest BCUT2D eigenvalue weighted by Crippen LogP contribution is -2.26. The van der Waals surface area contributed by atoms with Crippen LogP contribution in [-0.2, 0) is 34.0 Å². The van der Waals surface area contributed by atoms with Crippen LogP contribution in [0.3, 0.4) is 0 Å². The number of carbonyl (C=O) groups excluding carboxylic acids is 1. The highest BCUT2D eigenvalue weighted by atomic mass is 16.5. The maximum absolute atomic E-state index is 10.6. The number of aldehydes is 1. The second-order valence-corrected chi connectivity index (χ2v) is 10.1. The summed E-state index contributed by atoms with van der Waals surface area (Å²) in [5.41, 5.74) is 5.49. The molecule has 1 aliphatic heterocycles. The zero-order valence-corrected chi connectivity index (χ0v) is 23.1. The van der Waals surface area contributed by atoms with Crippen molar-refractivity contribution in [3.05, 3.63) is 71.3 Å². The lowest BCUT2D eigenvalue weighted by Gasteiger charge is -2.25. The first-order valence-corrected chi connectivity index (χ1v) is 13.8. The van der Waals surface area contributed by atoms with Gasteiger partial charge >= 0.3 is 0 Å². The fourth-order valence-electron chi connectivity index (χ4n) is 4.41. The quantitative estimate of drug-likeness (QED) is 0.187. The van der Waals surface area contributed by atoms with Crippen molar-refractivity contribution in [3.63, 3.8) is 0 Å². The molecule has 9 heteroatoms. The van der Waals surface area contributed by atoms with Crippen LogP contribution in [0.25, 0.3) is 5.69 Å². The summed E-state index contributed by atoms with van der Waals surface area (Å²) in [6, 6.07) is 10.6. The van der Waals surface area contributed by atoms with Gasteiger partial charge in [-0.3, -0.25) is 4.98 Å². The molecular formula is C30H41N5O4. The van der Waals surface area contributed by atoms with Crippen LogP contribution in [-0.4, -0.2) is 60.6 Å². The molecular weight excluding hydrogens is 494 g/mol. The summed E-state index contributed by atoms with van der Waals surface area (Å²) in [6.07, 6.45) is 10.2. The Bertz CT molecular complexity index is 1150. The average Bonchev–Trinajstić information content (AvgIpc) is 3.39. The van der Waals surface area contributed by atoms with E-state index in [1.807, 2.05) is 29.3 Å². The molecule has 9 nitrogen and oxygen atoms in total. The SMILES string of the molecule is COCc1ccc(OCCCCNCc2cnn(-c3ccc(C4COC4)nc3)c2)cc1CNC(C)CCC=O. The predicted molar refractivity (Wildman–Crippen MR) is 150 cm³/mol. The molecule has 1 atom stereocenters. The number of aromatic nitrogens is 3. The molecule has 1 aliphatic rings. The number of nitrogens with one attached hydrogen (secondary N) is 2. The molecule has 0 amide bonds. The maximum atomic E-state index is 10.6. The predicted octanol–water partition coefficient (Wildman–Crippen LogP) is 3.93. The van der Waals surface area contributed by atoms with Gasteiger partial charge in [0.2, 0.25) is 0 Å². The van der Waals surface area contributed by atoms with Gasteiger partial charge in [-0.15, -0.1) is 0 Å². The number of benzene rings is 1.